The van der Waals surface area contributed by atoms with E-state index in [9.17, 15) is 33.6 Å². The van der Waals surface area contributed by atoms with Crippen LogP contribution in [0.5, 0.6) is 5.75 Å². The number of furan rings is 1. The zero-order chi connectivity index (χ0) is 102. The molecule has 2 saturated carbocycles. The molecule has 0 spiro atoms. The highest BCUT2D eigenvalue weighted by Crippen LogP contribution is 2.32. The summed E-state index contributed by atoms with van der Waals surface area (Å²) in [6, 6.07) is 99.1. The predicted molar refractivity (Wildman–Crippen MR) is 589 cm³/mol. The maximum absolute atomic E-state index is 12.4. The first-order valence-electron chi connectivity index (χ1n) is 46.8. The van der Waals surface area contributed by atoms with Gasteiger partial charge in [0, 0.05) is 81.1 Å². The highest BCUT2D eigenvalue weighted by Gasteiger charge is 2.31. The fourth-order valence-electron chi connectivity index (χ4n) is 14.5. The third-order valence-electron chi connectivity index (χ3n) is 22.3. The van der Waals surface area contributed by atoms with E-state index >= 15 is 0 Å². The summed E-state index contributed by atoms with van der Waals surface area (Å²) in [5, 5.41) is 35.6. The average molecular weight is 2060 g/mol. The smallest absolute Gasteiger partial charge is 0.288 e. The van der Waals surface area contributed by atoms with Crippen molar-refractivity contribution in [2.24, 2.45) is 11.8 Å². The molecule has 9 aromatic carbocycles. The zero-order valence-electron chi connectivity index (χ0n) is 79.3. The summed E-state index contributed by atoms with van der Waals surface area (Å²) in [4.78, 5) is 87.2. The number of methoxy groups -OCH3 is 1. The van der Waals surface area contributed by atoms with Crippen LogP contribution in [0.4, 0.5) is 0 Å². The number of nitrogens with zero attached hydrogens (tertiary/aromatic N) is 14. The fourth-order valence-corrected chi connectivity index (χ4v) is 16.7. The standard InChI is InChI=1S/C19H16N2O2.C18H13ClN2O.C18H14N2O.C16H10Cl2N2OS.C16H11ClN2OS.C16H18N2O2.C15H14N2O/c1-23-18-11-8-16(9-12-18)19(22)21-14-13-17(20-21)10-7-15-5-3-2-4-6-15;19-17-9-5-4-8-16(17)18(22)21-13-12-15(20-21)11-10-14-6-2-1-3-7-14;21-18(16-9-5-2-6-10-16)20-14-13-17(19-20)12-11-15-7-3-1-4-8-15;17-13-3-1-4-14(18)12(13)7-6-11-8-9-19-20(11)16(21)15-5-2-10-22-15;17-15-6-2-1-5-14(15)16(20)19-10-9-12(18-19)7-8-13-4-3-11-21-13;19-16(12-13-4-1-2-5-13)18-10-9-14(17-18)7-8-15-6-3-11-20-15;18-15(13-7-8-13)17-11-10-14(16-17)9-6-12-4-2-1-3-5-12/h2-14H,1H3;1-13H;1-14H;1-10H;1-11H;3,6-11,13H,1-2,4-5,12H2;1-6,9-11,13H,7-8H2/b10-7+;11-10+;12-11+;7-6+;2*8-7+;9-6+. The number of thiophene rings is 2. The van der Waals surface area contributed by atoms with Crippen LogP contribution < -0.4 is 4.74 Å². The molecular formula is C118H96Cl4N14O9S2. The summed E-state index contributed by atoms with van der Waals surface area (Å²) in [5.41, 5.74) is 12.3. The van der Waals surface area contributed by atoms with E-state index < -0.39 is 0 Å². The molecule has 23 nitrogen and oxygen atoms in total. The summed E-state index contributed by atoms with van der Waals surface area (Å²) in [5.74, 6) is 1.51. The predicted octanol–water partition coefficient (Wildman–Crippen LogP) is 28.4. The highest BCUT2D eigenvalue weighted by atomic mass is 35.5. The maximum Gasteiger partial charge on any atom is 0.288 e. The summed E-state index contributed by atoms with van der Waals surface area (Å²) in [6.45, 7) is 0. The van der Waals surface area contributed by atoms with Gasteiger partial charge in [0.25, 0.3) is 29.5 Å². The average Bonchev–Trinajstić information content (AvgIpc) is 1.52. The van der Waals surface area contributed by atoms with Crippen molar-refractivity contribution in [3.8, 4) is 5.75 Å². The Bertz CT molecular complexity index is 7740. The van der Waals surface area contributed by atoms with Gasteiger partial charge >= 0.3 is 0 Å². The lowest BCUT2D eigenvalue weighted by molar-refractivity contribution is 0.0858. The summed E-state index contributed by atoms with van der Waals surface area (Å²) in [7, 11) is 1.59. The van der Waals surface area contributed by atoms with E-state index in [-0.39, 0.29) is 47.3 Å². The van der Waals surface area contributed by atoms with E-state index in [1.807, 2.05) is 272 Å². The first-order chi connectivity index (χ1) is 71.9. The van der Waals surface area contributed by atoms with Crippen LogP contribution in [0, 0.1) is 11.8 Å². The van der Waals surface area contributed by atoms with Crippen molar-refractivity contribution in [1.82, 2.24) is 68.5 Å². The lowest BCUT2D eigenvalue weighted by Crippen LogP contribution is -2.14. The van der Waals surface area contributed by atoms with Crippen LogP contribution in [0.2, 0.25) is 20.1 Å². The Balaban J connectivity index is 0.000000129. The lowest BCUT2D eigenvalue weighted by atomic mass is 10.0. The Morgan fingerprint density at radius 3 is 1.18 bits per heavy atom. The van der Waals surface area contributed by atoms with Crippen LogP contribution in [0.15, 0.2) is 386 Å². The molecule has 2 fully saturated rings. The minimum Gasteiger partial charge on any atom is -0.497 e. The number of hydrogen-bond donors (Lipinski definition) is 0. The van der Waals surface area contributed by atoms with Crippen molar-refractivity contribution in [3.63, 3.8) is 0 Å². The maximum atomic E-state index is 12.4. The fraction of sp³-hybridized carbons (Fsp3) is 0.0847. The number of carbonyl (C=O) groups is 7. The second kappa shape index (κ2) is 53.9. The van der Waals surface area contributed by atoms with Gasteiger partial charge in [0.05, 0.1) is 85.5 Å². The molecule has 0 saturated heterocycles. The van der Waals surface area contributed by atoms with Crippen molar-refractivity contribution in [2.75, 3.05) is 7.11 Å². The minimum atomic E-state index is -0.245. The largest absolute Gasteiger partial charge is 0.497 e. The van der Waals surface area contributed by atoms with Crippen molar-refractivity contribution in [1.29, 1.82) is 0 Å². The molecule has 10 aromatic heterocycles. The minimum absolute atomic E-state index is 0.0922. The molecule has 0 N–H and O–H groups in total. The summed E-state index contributed by atoms with van der Waals surface area (Å²) in [6.07, 6.45) is 47.3. The van der Waals surface area contributed by atoms with Crippen LogP contribution in [-0.4, -0.2) is 117 Å². The molecule has 10 heterocycles. The van der Waals surface area contributed by atoms with Gasteiger partial charge < -0.3 is 9.15 Å². The second-order valence-electron chi connectivity index (χ2n) is 32.8. The summed E-state index contributed by atoms with van der Waals surface area (Å²) < 4.78 is 19.9. The van der Waals surface area contributed by atoms with Crippen LogP contribution in [0.1, 0.15) is 184 Å². The Kier molecular flexibility index (Phi) is 38.2. The number of carbonyl (C=O) groups excluding carboxylic acids is 7. The zero-order valence-corrected chi connectivity index (χ0v) is 84.0. The second-order valence-corrected chi connectivity index (χ2v) is 36.4. The molecule has 29 heteroatoms. The Labute approximate surface area is 877 Å². The number of ether oxygens (including phenoxy) is 1. The van der Waals surface area contributed by atoms with E-state index in [0.29, 0.717) is 82.3 Å². The normalized spacial score (nSPS) is 12.2. The van der Waals surface area contributed by atoms with Crippen molar-refractivity contribution < 1.29 is 42.7 Å². The van der Waals surface area contributed by atoms with Gasteiger partial charge in [-0.2, -0.15) is 40.4 Å². The quantitative estimate of drug-likeness (QED) is 0.0576. The van der Waals surface area contributed by atoms with Crippen molar-refractivity contribution >= 4 is 195 Å². The van der Waals surface area contributed by atoms with Crippen LogP contribution in [0.25, 0.3) is 85.1 Å². The van der Waals surface area contributed by atoms with E-state index in [0.717, 1.165) is 74.2 Å². The molecule has 0 unspecified atom stereocenters. The molecule has 732 valence electrons. The molecule has 0 radical (unpaired) electrons. The van der Waals surface area contributed by atoms with E-state index in [2.05, 4.69) is 35.7 Å². The number of benzene rings is 9. The highest BCUT2D eigenvalue weighted by molar-refractivity contribution is 7.12. The molecule has 0 amide bonds. The molecule has 19 aromatic rings. The van der Waals surface area contributed by atoms with Crippen LogP contribution in [-0.2, 0) is 0 Å². The van der Waals surface area contributed by atoms with Crippen molar-refractivity contribution in [2.45, 2.75) is 44.9 Å². The third-order valence-corrected chi connectivity index (χ3v) is 25.3. The number of hydrogen-bond acceptors (Lipinski definition) is 18. The topological polar surface area (TPSA) is 267 Å². The molecule has 2 aliphatic rings. The van der Waals surface area contributed by atoms with Gasteiger partial charge in [-0.15, -0.1) is 22.7 Å². The van der Waals surface area contributed by atoms with Crippen LogP contribution in [0.3, 0.4) is 0 Å². The molecule has 0 bridgehead atoms. The van der Waals surface area contributed by atoms with E-state index in [1.165, 1.54) is 69.8 Å². The van der Waals surface area contributed by atoms with E-state index in [1.54, 1.807) is 214 Å². The molecule has 0 aliphatic heterocycles. The third kappa shape index (κ3) is 31.5. The summed E-state index contributed by atoms with van der Waals surface area (Å²) >= 11 is 27.4. The first kappa shape index (κ1) is 104. The lowest BCUT2D eigenvalue weighted by Gasteiger charge is -2.06. The molecule has 0 atom stereocenters. The first-order valence-corrected chi connectivity index (χ1v) is 50.0. The van der Waals surface area contributed by atoms with E-state index in [4.69, 9.17) is 55.6 Å². The number of halogens is 4. The SMILES string of the molecule is COc1ccc(C(=O)n2ccc(/C=C/c3ccccc3)n2)cc1.O=C(C1CC1)n1ccc(/C=C/c2ccccc2)n1.O=C(CC1CCCC1)n1ccc(/C=C/c2ccco2)n1.O=C(c1ccccc1)n1ccc(/C=C/c2ccccc2)n1.O=C(c1ccccc1Cl)n1ccc(/C=C/c2ccccc2)n1.O=C(c1ccccc1Cl)n1ccc(/C=C/c2cccs2)n1.O=C(c1cccs1)n1nccc1/C=C/c1c(Cl)cccc1Cl. The molecule has 21 rings (SSSR count). The molecular weight excluding hydrogens is 1960 g/mol. The van der Waals surface area contributed by atoms with Gasteiger partial charge in [0.15, 0.2) is 0 Å². The van der Waals surface area contributed by atoms with Gasteiger partial charge in [-0.1, -0.05) is 266 Å². The Morgan fingerprint density at radius 1 is 0.347 bits per heavy atom. The Hall–Kier alpha value is -17.0. The molecule has 147 heavy (non-hydrogen) atoms. The van der Waals surface area contributed by atoms with Gasteiger partial charge in [0.2, 0.25) is 11.8 Å². The number of rotatable bonds is 23. The monoisotopic (exact) mass is 2060 g/mol. The van der Waals surface area contributed by atoms with Gasteiger partial charge in [-0.25, -0.2) is 28.1 Å². The Morgan fingerprint density at radius 2 is 0.748 bits per heavy atom. The van der Waals surface area contributed by atoms with Crippen LogP contribution >= 0.6 is 69.1 Å². The van der Waals surface area contributed by atoms with Gasteiger partial charge in [-0.05, 0) is 265 Å². The van der Waals surface area contributed by atoms with Gasteiger partial charge in [0.1, 0.15) is 11.5 Å². The van der Waals surface area contributed by atoms with Crippen molar-refractivity contribution in [3.05, 3.63) is 507 Å². The molecule has 2 aliphatic carbocycles. The number of aromatic nitrogens is 14. The van der Waals surface area contributed by atoms with Gasteiger partial charge in [-0.3, -0.25) is 33.6 Å².